The Bertz CT molecular complexity index is 8960. The van der Waals surface area contributed by atoms with Gasteiger partial charge in [-0.1, -0.05) is 296 Å². The van der Waals surface area contributed by atoms with Gasteiger partial charge in [0.15, 0.2) is 0 Å². The van der Waals surface area contributed by atoms with Crippen molar-refractivity contribution in [2.75, 3.05) is 26.6 Å². The first kappa shape index (κ1) is 80.6. The van der Waals surface area contributed by atoms with Crippen LogP contribution in [0.2, 0.25) is 0 Å². The number of aryl methyl sites for hydroxylation is 2. The van der Waals surface area contributed by atoms with E-state index in [1.54, 1.807) is 0 Å². The Morgan fingerprint density at radius 1 is 0.170 bits per heavy atom. The van der Waals surface area contributed by atoms with Crippen LogP contribution in [0.15, 0.2) is 497 Å². The van der Waals surface area contributed by atoms with E-state index in [1.165, 1.54) is 77.8 Å². The van der Waals surface area contributed by atoms with E-state index in [4.69, 9.17) is 17.7 Å². The van der Waals surface area contributed by atoms with Crippen LogP contribution in [0.5, 0.6) is 0 Å². The van der Waals surface area contributed by atoms with E-state index in [2.05, 4.69) is 508 Å². The standard InChI is InChI=1S/C64H44N2O2.C44H27NO2.C19H17N/c1-41-21-27-49(28-22-41)65(58-19-11-9-17-53(58)43-13-5-3-6-14-43)51-31-25-45-37-56-55-33-34-60-63(64(55)68-61(56)39-47(45)35-51)57-38-46-26-32-52(36-48(46)40-62(57)67-60)66(50-29-23-42(2)24-30-50)59-20-12-10-18-54(59)44-15-7-4-8-16-44;1-3-10-28(11-4-1)29-14-9-17-35(22-29)45(34-15-5-2-6-16-34)36-19-18-32-25-39-42(27-33(32)23-36)46-40-21-20-37-38-24-30-12-7-8-13-31(30)26-41(38)47-44(37)43(39)40;1-20(18-12-6-3-7-13-18)19-14-8-11-17(15-19)16-9-4-2-5-10-16/h3-40H,1-2H3;1-27H;2-15H,1H3. The van der Waals surface area contributed by atoms with Crippen LogP contribution in [-0.2, 0) is 0 Å². The maximum atomic E-state index is 6.94. The highest BCUT2D eigenvalue weighted by molar-refractivity contribution is 6.26. The molecule has 0 saturated carbocycles. The second-order valence-electron chi connectivity index (χ2n) is 34.9. The van der Waals surface area contributed by atoms with Crippen molar-refractivity contribution < 1.29 is 17.7 Å². The molecule has 0 aliphatic carbocycles. The van der Waals surface area contributed by atoms with Crippen molar-refractivity contribution in [1.29, 1.82) is 0 Å². The molecule has 0 radical (unpaired) electrons. The lowest BCUT2D eigenvalue weighted by molar-refractivity contribution is 0.662. The summed E-state index contributed by atoms with van der Waals surface area (Å²) in [6.07, 6.45) is 0. The fraction of sp³-hybridized carbons (Fsp3) is 0.0236. The Kier molecular flexibility index (Phi) is 20.5. The molecular weight excluding hydrogens is 1650 g/mol. The highest BCUT2D eigenvalue weighted by Gasteiger charge is 2.26. The molecule has 0 amide bonds. The molecule has 4 heterocycles. The molecule has 0 fully saturated rings. The average Bonchev–Trinajstić information content (AvgIpc) is 1.57. The Morgan fingerprint density at radius 2 is 0.474 bits per heavy atom. The molecule has 0 bridgehead atoms. The van der Waals surface area contributed by atoms with Gasteiger partial charge in [-0.2, -0.15) is 0 Å². The van der Waals surface area contributed by atoms with Gasteiger partial charge in [0.1, 0.15) is 44.7 Å². The predicted molar refractivity (Wildman–Crippen MR) is 568 cm³/mol. The van der Waals surface area contributed by atoms with Gasteiger partial charge in [0.25, 0.3) is 0 Å². The molecule has 0 aliphatic rings. The van der Waals surface area contributed by atoms with Crippen LogP contribution in [-0.4, -0.2) is 7.05 Å². The summed E-state index contributed by atoms with van der Waals surface area (Å²) in [5.74, 6) is 0. The number of para-hydroxylation sites is 4. The van der Waals surface area contributed by atoms with Gasteiger partial charge in [-0.25, -0.2) is 0 Å². The summed E-state index contributed by atoms with van der Waals surface area (Å²) < 4.78 is 26.7. The molecule has 0 saturated heterocycles. The van der Waals surface area contributed by atoms with Gasteiger partial charge in [-0.15, -0.1) is 0 Å². The maximum Gasteiger partial charge on any atom is 0.147 e. The van der Waals surface area contributed by atoms with Crippen LogP contribution in [0.1, 0.15) is 11.1 Å². The summed E-state index contributed by atoms with van der Waals surface area (Å²) >= 11 is 0. The Balaban J connectivity index is 0.000000128. The average molecular weight is 1730 g/mol. The van der Waals surface area contributed by atoms with E-state index in [9.17, 15) is 0 Å². The van der Waals surface area contributed by atoms with Crippen LogP contribution in [0.4, 0.5) is 62.6 Å². The van der Waals surface area contributed by atoms with E-state index >= 15 is 0 Å². The minimum atomic E-state index is 0.804. The Labute approximate surface area is 781 Å². The van der Waals surface area contributed by atoms with Crippen molar-refractivity contribution in [2.45, 2.75) is 13.8 Å². The largest absolute Gasteiger partial charge is 0.456 e. The minimum absolute atomic E-state index is 0.804. The fourth-order valence-corrected chi connectivity index (χ4v) is 19.6. The second-order valence-corrected chi connectivity index (χ2v) is 34.9. The first-order valence-corrected chi connectivity index (χ1v) is 45.9. The number of anilines is 11. The summed E-state index contributed by atoms with van der Waals surface area (Å²) in [6.45, 7) is 4.26. The molecule has 0 N–H and O–H groups in total. The topological polar surface area (TPSA) is 65.5 Å². The maximum absolute atomic E-state index is 6.94. The zero-order chi connectivity index (χ0) is 90.0. The Morgan fingerprint density at radius 3 is 0.919 bits per heavy atom. The monoisotopic (exact) mass is 1730 g/mol. The molecule has 0 spiro atoms. The van der Waals surface area contributed by atoms with Gasteiger partial charge in [0.05, 0.1) is 22.1 Å². The number of hydrogen-bond donors (Lipinski definition) is 0. The highest BCUT2D eigenvalue weighted by Crippen LogP contribution is 2.50. The second kappa shape index (κ2) is 34.3. The molecule has 0 aliphatic heterocycles. The van der Waals surface area contributed by atoms with Crippen LogP contribution < -0.4 is 19.6 Å². The Hall–Kier alpha value is -17.7. The molecular formula is C127H88N4O4. The lowest BCUT2D eigenvalue weighted by Gasteiger charge is -2.28. The van der Waals surface area contributed by atoms with E-state index in [0.29, 0.717) is 0 Å². The summed E-state index contributed by atoms with van der Waals surface area (Å²) in [6, 6.07) is 170. The molecule has 0 unspecified atom stereocenters. The molecule has 640 valence electrons. The van der Waals surface area contributed by atoms with E-state index in [-0.39, 0.29) is 0 Å². The zero-order valence-corrected chi connectivity index (χ0v) is 74.5. The lowest BCUT2D eigenvalue weighted by atomic mass is 10.00. The van der Waals surface area contributed by atoms with Crippen molar-refractivity contribution in [3.05, 3.63) is 490 Å². The SMILES string of the molecule is CN(c1ccccc1)c1cccc(-c2ccccc2)c1.Cc1ccc(N(c2ccc3cc4c(cc3c2)oc2c4ccc3oc4cc5cc(N(c6ccc(C)cc6)c6ccccc6-c6ccccc6)ccc5cc4c32)c2ccccc2-c2ccccc2)cc1.c1ccc(-c2cccc(N(c3ccccc3)c3ccc4cc5c(cc4c3)oc3ccc4c6cc7ccccc7cc6oc4c35)c2)cc1. The quantitative estimate of drug-likeness (QED) is 0.101. The fourth-order valence-electron chi connectivity index (χ4n) is 19.6. The van der Waals surface area contributed by atoms with E-state index in [0.717, 1.165) is 171 Å². The molecule has 22 aromatic carbocycles. The number of furan rings is 4. The smallest absolute Gasteiger partial charge is 0.147 e. The lowest BCUT2D eigenvalue weighted by Crippen LogP contribution is -2.11. The van der Waals surface area contributed by atoms with E-state index in [1.807, 2.05) is 12.1 Å². The van der Waals surface area contributed by atoms with Gasteiger partial charge >= 0.3 is 0 Å². The number of hydrogen-bond acceptors (Lipinski definition) is 8. The summed E-state index contributed by atoms with van der Waals surface area (Å²) in [5.41, 5.74) is 30.9. The van der Waals surface area contributed by atoms with Gasteiger partial charge in [0, 0.05) is 102 Å². The molecule has 8 heteroatoms. The summed E-state index contributed by atoms with van der Waals surface area (Å²) in [5, 5.41) is 17.6. The van der Waals surface area contributed by atoms with Crippen LogP contribution in [0, 0.1) is 13.8 Å². The molecule has 26 rings (SSSR count). The van der Waals surface area contributed by atoms with Gasteiger partial charge in [-0.05, 0) is 284 Å². The van der Waals surface area contributed by atoms with Crippen molar-refractivity contribution >= 4 is 193 Å². The van der Waals surface area contributed by atoms with Crippen molar-refractivity contribution in [3.8, 4) is 44.5 Å². The molecule has 8 nitrogen and oxygen atoms in total. The van der Waals surface area contributed by atoms with Crippen molar-refractivity contribution in [2.24, 2.45) is 0 Å². The first-order valence-electron chi connectivity index (χ1n) is 45.9. The molecule has 4 aromatic heterocycles. The zero-order valence-electron chi connectivity index (χ0n) is 74.5. The first-order chi connectivity index (χ1) is 66.6. The van der Waals surface area contributed by atoms with Crippen molar-refractivity contribution in [3.63, 3.8) is 0 Å². The van der Waals surface area contributed by atoms with Crippen molar-refractivity contribution in [1.82, 2.24) is 0 Å². The molecule has 135 heavy (non-hydrogen) atoms. The molecule has 26 aromatic rings. The highest BCUT2D eigenvalue weighted by atomic mass is 16.4. The number of benzene rings is 22. The van der Waals surface area contributed by atoms with Gasteiger partial charge in [-0.3, -0.25) is 0 Å². The number of nitrogens with zero attached hydrogens (tertiary/aromatic N) is 4. The minimum Gasteiger partial charge on any atom is -0.456 e. The third-order valence-corrected chi connectivity index (χ3v) is 26.4. The van der Waals surface area contributed by atoms with Crippen LogP contribution in [0.3, 0.4) is 0 Å². The summed E-state index contributed by atoms with van der Waals surface area (Å²) in [7, 11) is 2.10. The van der Waals surface area contributed by atoms with Crippen LogP contribution >= 0.6 is 0 Å². The number of fused-ring (bicyclic) bond motifs is 18. The molecule has 0 atom stereocenters. The van der Waals surface area contributed by atoms with Gasteiger partial charge < -0.3 is 37.3 Å². The van der Waals surface area contributed by atoms with E-state index < -0.39 is 0 Å². The normalized spacial score (nSPS) is 11.5. The summed E-state index contributed by atoms with van der Waals surface area (Å²) in [4.78, 5) is 9.24. The predicted octanol–water partition coefficient (Wildman–Crippen LogP) is 36.7. The third kappa shape index (κ3) is 15.2. The third-order valence-electron chi connectivity index (χ3n) is 26.4. The van der Waals surface area contributed by atoms with Gasteiger partial charge in [0.2, 0.25) is 0 Å². The van der Waals surface area contributed by atoms with Crippen LogP contribution in [0.25, 0.3) is 175 Å². The number of rotatable bonds is 15.